The van der Waals surface area contributed by atoms with Crippen molar-refractivity contribution in [1.82, 2.24) is 4.98 Å². The summed E-state index contributed by atoms with van der Waals surface area (Å²) in [5.41, 5.74) is 1.07. The standard InChI is InChI=1S/C17H14N2O4S/c20-17(21)15-10-9-13-7-4-8-14(16(13)18-15)19-24(22,23)11-12-5-2-1-3-6-12/h1-10,19H,11H2,(H,20,21). The number of aromatic carboxylic acids is 1. The van der Waals surface area contributed by atoms with Crippen molar-refractivity contribution in [2.75, 3.05) is 4.72 Å². The van der Waals surface area contributed by atoms with Crippen molar-refractivity contribution in [3.63, 3.8) is 0 Å². The van der Waals surface area contributed by atoms with E-state index >= 15 is 0 Å². The summed E-state index contributed by atoms with van der Waals surface area (Å²) < 4.78 is 27.2. The van der Waals surface area contributed by atoms with Crippen LogP contribution in [0.2, 0.25) is 0 Å². The molecule has 0 fully saturated rings. The quantitative estimate of drug-likeness (QED) is 0.743. The summed E-state index contributed by atoms with van der Waals surface area (Å²) in [4.78, 5) is 15.1. The Bertz CT molecular complexity index is 1000. The van der Waals surface area contributed by atoms with Gasteiger partial charge in [-0.1, -0.05) is 48.5 Å². The van der Waals surface area contributed by atoms with Gasteiger partial charge >= 0.3 is 5.97 Å². The number of carboxylic acid groups (broad SMARTS) is 1. The number of sulfonamides is 1. The number of carbonyl (C=O) groups is 1. The van der Waals surface area contributed by atoms with Crippen molar-refractivity contribution < 1.29 is 18.3 Å². The molecule has 0 aliphatic rings. The Morgan fingerprint density at radius 3 is 2.46 bits per heavy atom. The molecule has 1 heterocycles. The Kier molecular flexibility index (Phi) is 4.18. The first-order chi connectivity index (χ1) is 11.4. The molecule has 0 unspecified atom stereocenters. The van der Waals surface area contributed by atoms with Gasteiger partial charge in [-0.15, -0.1) is 0 Å². The third-order valence-corrected chi connectivity index (χ3v) is 4.65. The number of rotatable bonds is 5. The van der Waals surface area contributed by atoms with Crippen LogP contribution in [0.5, 0.6) is 0 Å². The molecule has 0 atom stereocenters. The molecule has 0 spiro atoms. The van der Waals surface area contributed by atoms with Gasteiger partial charge < -0.3 is 5.11 Å². The second kappa shape index (κ2) is 6.29. The van der Waals surface area contributed by atoms with Crippen LogP contribution in [0.1, 0.15) is 16.1 Å². The fourth-order valence-corrected chi connectivity index (χ4v) is 3.55. The van der Waals surface area contributed by atoms with E-state index < -0.39 is 16.0 Å². The summed E-state index contributed by atoms with van der Waals surface area (Å²) in [5.74, 6) is -1.35. The number of para-hydroxylation sites is 1. The molecule has 0 aliphatic heterocycles. The van der Waals surface area contributed by atoms with E-state index in [1.54, 1.807) is 48.5 Å². The molecular weight excluding hydrogens is 328 g/mol. The lowest BCUT2D eigenvalue weighted by atomic mass is 10.2. The van der Waals surface area contributed by atoms with Gasteiger partial charge in [0.1, 0.15) is 5.69 Å². The van der Waals surface area contributed by atoms with E-state index in [0.717, 1.165) is 0 Å². The smallest absolute Gasteiger partial charge is 0.354 e. The number of hydrogen-bond acceptors (Lipinski definition) is 4. The summed E-state index contributed by atoms with van der Waals surface area (Å²) in [7, 11) is -3.65. The van der Waals surface area contributed by atoms with Gasteiger partial charge in [0.25, 0.3) is 0 Å². The summed E-state index contributed by atoms with van der Waals surface area (Å²) in [6, 6.07) is 16.8. The van der Waals surface area contributed by atoms with Crippen molar-refractivity contribution in [2.24, 2.45) is 0 Å². The molecule has 2 aromatic carbocycles. The second-order valence-corrected chi connectivity index (χ2v) is 6.95. The number of nitrogens with zero attached hydrogens (tertiary/aromatic N) is 1. The van der Waals surface area contributed by atoms with Crippen molar-refractivity contribution in [3.8, 4) is 0 Å². The summed E-state index contributed by atoms with van der Waals surface area (Å²) >= 11 is 0. The molecule has 0 aliphatic carbocycles. The number of pyridine rings is 1. The number of benzene rings is 2. The minimum atomic E-state index is -3.65. The largest absolute Gasteiger partial charge is 0.477 e. The molecule has 24 heavy (non-hydrogen) atoms. The van der Waals surface area contributed by atoms with E-state index in [2.05, 4.69) is 9.71 Å². The molecule has 1 aromatic heterocycles. The maximum absolute atomic E-state index is 12.4. The topological polar surface area (TPSA) is 96.4 Å². The van der Waals surface area contributed by atoms with Crippen molar-refractivity contribution in [1.29, 1.82) is 0 Å². The third-order valence-electron chi connectivity index (χ3n) is 3.40. The first-order valence-electron chi connectivity index (χ1n) is 7.12. The minimum absolute atomic E-state index is 0.141. The zero-order chi connectivity index (χ0) is 17.2. The molecule has 3 aromatic rings. The van der Waals surface area contributed by atoms with E-state index in [0.29, 0.717) is 16.5 Å². The zero-order valence-electron chi connectivity index (χ0n) is 12.5. The fourth-order valence-electron chi connectivity index (χ4n) is 2.35. The first-order valence-corrected chi connectivity index (χ1v) is 8.77. The molecule has 0 amide bonds. The number of aromatic nitrogens is 1. The van der Waals surface area contributed by atoms with Crippen LogP contribution in [0.15, 0.2) is 60.7 Å². The molecule has 0 bridgehead atoms. The highest BCUT2D eigenvalue weighted by molar-refractivity contribution is 7.91. The van der Waals surface area contributed by atoms with E-state index in [1.165, 1.54) is 6.07 Å². The molecule has 7 heteroatoms. The number of fused-ring (bicyclic) bond motifs is 1. The monoisotopic (exact) mass is 342 g/mol. The maximum Gasteiger partial charge on any atom is 0.354 e. The highest BCUT2D eigenvalue weighted by atomic mass is 32.2. The second-order valence-electron chi connectivity index (χ2n) is 5.23. The molecule has 3 rings (SSSR count). The third kappa shape index (κ3) is 3.52. The molecule has 122 valence electrons. The predicted octanol–water partition coefficient (Wildman–Crippen LogP) is 2.87. The van der Waals surface area contributed by atoms with Crippen LogP contribution in [0.4, 0.5) is 5.69 Å². The number of carboxylic acids is 1. The van der Waals surface area contributed by atoms with Crippen LogP contribution in [0.3, 0.4) is 0 Å². The SMILES string of the molecule is O=C(O)c1ccc2cccc(NS(=O)(=O)Cc3ccccc3)c2n1. The van der Waals surface area contributed by atoms with Crippen LogP contribution in [-0.2, 0) is 15.8 Å². The van der Waals surface area contributed by atoms with Crippen LogP contribution >= 0.6 is 0 Å². The lowest BCUT2D eigenvalue weighted by Crippen LogP contribution is -2.15. The molecule has 0 saturated carbocycles. The van der Waals surface area contributed by atoms with Gasteiger partial charge in [-0.05, 0) is 17.7 Å². The Labute approximate surface area is 138 Å². The normalized spacial score (nSPS) is 11.3. The van der Waals surface area contributed by atoms with Crippen LogP contribution in [-0.4, -0.2) is 24.5 Å². The van der Waals surface area contributed by atoms with E-state index in [4.69, 9.17) is 5.11 Å². The fraction of sp³-hybridized carbons (Fsp3) is 0.0588. The van der Waals surface area contributed by atoms with Gasteiger partial charge in [0.05, 0.1) is 17.0 Å². The Morgan fingerprint density at radius 1 is 1.00 bits per heavy atom. The average Bonchev–Trinajstić information content (AvgIpc) is 2.55. The summed E-state index contributed by atoms with van der Waals surface area (Å²) in [6.45, 7) is 0. The predicted molar refractivity (Wildman–Crippen MR) is 91.4 cm³/mol. The molecular formula is C17H14N2O4S. The number of anilines is 1. The number of nitrogens with one attached hydrogen (secondary N) is 1. The van der Waals surface area contributed by atoms with Gasteiger partial charge in [0.2, 0.25) is 10.0 Å². The number of hydrogen-bond donors (Lipinski definition) is 2. The van der Waals surface area contributed by atoms with Gasteiger partial charge in [-0.3, -0.25) is 4.72 Å². The van der Waals surface area contributed by atoms with Crippen molar-refractivity contribution in [2.45, 2.75) is 5.75 Å². The van der Waals surface area contributed by atoms with E-state index in [9.17, 15) is 13.2 Å². The van der Waals surface area contributed by atoms with Gasteiger partial charge in [-0.2, -0.15) is 0 Å². The first kappa shape index (κ1) is 15.9. The molecule has 2 N–H and O–H groups in total. The Morgan fingerprint density at radius 2 is 1.75 bits per heavy atom. The summed E-state index contributed by atoms with van der Waals surface area (Å²) in [6.07, 6.45) is 0. The van der Waals surface area contributed by atoms with E-state index in [1.807, 2.05) is 6.07 Å². The highest BCUT2D eigenvalue weighted by Crippen LogP contribution is 2.23. The van der Waals surface area contributed by atoms with Crippen LogP contribution < -0.4 is 4.72 Å². The van der Waals surface area contributed by atoms with Crippen molar-refractivity contribution in [3.05, 3.63) is 71.9 Å². The molecule has 6 nitrogen and oxygen atoms in total. The highest BCUT2D eigenvalue weighted by Gasteiger charge is 2.15. The minimum Gasteiger partial charge on any atom is -0.477 e. The van der Waals surface area contributed by atoms with Gasteiger partial charge in [0, 0.05) is 5.39 Å². The van der Waals surface area contributed by atoms with Crippen LogP contribution in [0, 0.1) is 0 Å². The maximum atomic E-state index is 12.4. The molecule has 0 saturated heterocycles. The average molecular weight is 342 g/mol. The van der Waals surface area contributed by atoms with Crippen molar-refractivity contribution >= 4 is 32.6 Å². The lowest BCUT2D eigenvalue weighted by Gasteiger charge is -2.10. The lowest BCUT2D eigenvalue weighted by molar-refractivity contribution is 0.0691. The van der Waals surface area contributed by atoms with Crippen LogP contribution in [0.25, 0.3) is 10.9 Å². The van der Waals surface area contributed by atoms with E-state index in [-0.39, 0.29) is 17.1 Å². The molecule has 0 radical (unpaired) electrons. The Hall–Kier alpha value is -2.93. The van der Waals surface area contributed by atoms with Gasteiger partial charge in [-0.25, -0.2) is 18.2 Å². The van der Waals surface area contributed by atoms with Gasteiger partial charge in [0.15, 0.2) is 0 Å². The Balaban J connectivity index is 1.97. The zero-order valence-corrected chi connectivity index (χ0v) is 13.3. The summed E-state index contributed by atoms with van der Waals surface area (Å²) in [5, 5.41) is 9.71.